The molecule has 1 aliphatic heterocycles. The number of hydrogen-bond acceptors (Lipinski definition) is 9. The number of ketones is 1. The van der Waals surface area contributed by atoms with E-state index in [2.05, 4.69) is 14.9 Å². The monoisotopic (exact) mass is 650 g/mol. The van der Waals surface area contributed by atoms with E-state index in [0.717, 1.165) is 36.3 Å². The molecule has 2 N–H and O–H groups in total. The van der Waals surface area contributed by atoms with Crippen molar-refractivity contribution < 1.29 is 24.5 Å². The number of fused-ring (bicyclic) bond motifs is 1. The number of hydrogen-bond donors (Lipinski definition) is 2. The summed E-state index contributed by atoms with van der Waals surface area (Å²) in [6.07, 6.45) is 4.53. The molecule has 0 bridgehead atoms. The number of β-amino-alcohol motifs (C(OH)–C–C–N with tert-alkyl or cyclic N) is 1. The molecule has 2 aromatic heterocycles. The number of aromatic nitrogens is 3. The first kappa shape index (κ1) is 32.8. The first-order chi connectivity index (χ1) is 21.9. The van der Waals surface area contributed by atoms with Gasteiger partial charge >= 0.3 is 0 Å². The molecule has 0 unspecified atom stereocenters. The number of aliphatic hydroxyl groups is 2. The maximum Gasteiger partial charge on any atom is 0.235 e. The Kier molecular flexibility index (Phi) is 11.0. The van der Waals surface area contributed by atoms with E-state index in [1.165, 1.54) is 0 Å². The van der Waals surface area contributed by atoms with Crippen LogP contribution in [0.2, 0.25) is 10.0 Å². The molecule has 0 fully saturated rings. The van der Waals surface area contributed by atoms with Gasteiger partial charge in [-0.25, -0.2) is 9.97 Å². The Hall–Kier alpha value is -3.60. The van der Waals surface area contributed by atoms with Crippen LogP contribution >= 0.6 is 23.2 Å². The van der Waals surface area contributed by atoms with Crippen molar-refractivity contribution >= 4 is 29.0 Å². The third kappa shape index (κ3) is 7.29. The van der Waals surface area contributed by atoms with Crippen molar-refractivity contribution in [3.63, 3.8) is 0 Å². The van der Waals surface area contributed by atoms with Crippen molar-refractivity contribution in [1.29, 1.82) is 0 Å². The highest BCUT2D eigenvalue weighted by Crippen LogP contribution is 2.40. The molecule has 0 radical (unpaired) electrons. The molecule has 4 aromatic rings. The van der Waals surface area contributed by atoms with E-state index in [1.807, 2.05) is 36.4 Å². The number of ether oxygens (including phenoxy) is 2. The molecule has 1 aliphatic rings. The Balaban J connectivity index is 1.42. The Labute approximate surface area is 272 Å². The predicted molar refractivity (Wildman–Crippen MR) is 174 cm³/mol. The summed E-state index contributed by atoms with van der Waals surface area (Å²) in [7, 11) is 3.15. The van der Waals surface area contributed by atoms with E-state index in [1.54, 1.807) is 26.5 Å². The number of rotatable bonds is 13. The third-order valence-electron chi connectivity index (χ3n) is 7.96. The average Bonchev–Trinajstić information content (AvgIpc) is 3.05. The number of aliphatic hydroxyl groups excluding tert-OH is 2. The van der Waals surface area contributed by atoms with E-state index in [9.17, 15) is 9.90 Å². The van der Waals surface area contributed by atoms with Crippen molar-refractivity contribution in [2.24, 2.45) is 0 Å². The van der Waals surface area contributed by atoms with Crippen molar-refractivity contribution in [2.45, 2.75) is 38.6 Å². The van der Waals surface area contributed by atoms with Crippen LogP contribution in [0.3, 0.4) is 0 Å². The topological polar surface area (TPSA) is 118 Å². The molecule has 45 heavy (non-hydrogen) atoms. The van der Waals surface area contributed by atoms with Crippen LogP contribution in [0.25, 0.3) is 22.4 Å². The number of unbranched alkanes of at least 4 members (excludes halogenated alkanes) is 1. The van der Waals surface area contributed by atoms with Crippen LogP contribution < -0.4 is 9.47 Å². The largest absolute Gasteiger partial charge is 0.496 e. The van der Waals surface area contributed by atoms with Gasteiger partial charge in [0.15, 0.2) is 5.78 Å². The molecule has 0 saturated heterocycles. The summed E-state index contributed by atoms with van der Waals surface area (Å²) in [5.74, 6) is 0.878. The summed E-state index contributed by atoms with van der Waals surface area (Å²) in [4.78, 5) is 29.6. The van der Waals surface area contributed by atoms with Gasteiger partial charge in [0.25, 0.3) is 0 Å². The third-order valence-corrected chi connectivity index (χ3v) is 8.82. The number of nitrogens with zero attached hydrogens (tertiary/aromatic N) is 4. The number of Topliss-reactive ketones (excluding diaryl/α,β-unsaturated/α-hetero) is 1. The van der Waals surface area contributed by atoms with Gasteiger partial charge in [-0.1, -0.05) is 59.6 Å². The van der Waals surface area contributed by atoms with E-state index < -0.39 is 0 Å². The number of benzene rings is 2. The summed E-state index contributed by atoms with van der Waals surface area (Å²) in [5.41, 5.74) is 6.06. The van der Waals surface area contributed by atoms with Crippen molar-refractivity contribution in [1.82, 2.24) is 19.9 Å². The Morgan fingerprint density at radius 2 is 1.71 bits per heavy atom. The van der Waals surface area contributed by atoms with Crippen molar-refractivity contribution in [3.05, 3.63) is 86.9 Å². The number of aryl methyl sites for hydroxylation is 1. The number of carbonyl (C=O) groups excluding carboxylic acids is 1. The van der Waals surface area contributed by atoms with Crippen LogP contribution in [0, 0.1) is 0 Å². The molecule has 0 aliphatic carbocycles. The normalized spacial score (nSPS) is 13.0. The molecule has 2 aromatic carbocycles. The number of halogens is 2. The highest BCUT2D eigenvalue weighted by Gasteiger charge is 2.24. The van der Waals surface area contributed by atoms with Crippen LogP contribution in [0.5, 0.6) is 11.6 Å². The van der Waals surface area contributed by atoms with Crippen molar-refractivity contribution in [2.75, 3.05) is 40.5 Å². The van der Waals surface area contributed by atoms with E-state index >= 15 is 0 Å². The second-order valence-electron chi connectivity index (χ2n) is 10.8. The minimum Gasteiger partial charge on any atom is -0.496 e. The van der Waals surface area contributed by atoms with Gasteiger partial charge in [-0.2, -0.15) is 0 Å². The van der Waals surface area contributed by atoms with Gasteiger partial charge in [0.1, 0.15) is 17.1 Å². The minimum atomic E-state index is -0.185. The van der Waals surface area contributed by atoms with Gasteiger partial charge in [-0.3, -0.25) is 14.7 Å². The molecule has 0 saturated carbocycles. The lowest BCUT2D eigenvalue weighted by atomic mass is 9.97. The average molecular weight is 652 g/mol. The molecule has 11 heteroatoms. The predicted octanol–water partition coefficient (Wildman–Crippen LogP) is 5.62. The summed E-state index contributed by atoms with van der Waals surface area (Å²) in [6, 6.07) is 12.9. The Morgan fingerprint density at radius 3 is 2.44 bits per heavy atom. The lowest BCUT2D eigenvalue weighted by molar-refractivity contribution is 0.0986. The van der Waals surface area contributed by atoms with Gasteiger partial charge in [0, 0.05) is 61.0 Å². The second-order valence-corrected chi connectivity index (χ2v) is 11.6. The van der Waals surface area contributed by atoms with Crippen LogP contribution in [0.4, 0.5) is 0 Å². The summed E-state index contributed by atoms with van der Waals surface area (Å²) in [5, 5.41) is 19.4. The molecule has 0 spiro atoms. The molecular formula is C34H36Cl2N4O5. The summed E-state index contributed by atoms with van der Waals surface area (Å²) >= 11 is 13.9. The standard InChI is InChI=1S/C34H36Cl2N4O5/c1-44-31-18-27(38-29-20-40(14-16-42)13-12-24(29)31)30(43)17-21-7-5-8-22(32(21)35)23-9-6-10-25(33(23)36)28-19-37-26(11-3-4-15-41)34(39-28)45-2/h5-10,18-19,41-42H,3-4,11-17,20H2,1-2H3. The molecular weight excluding hydrogens is 615 g/mol. The van der Waals surface area contributed by atoms with Crippen LogP contribution in [0.15, 0.2) is 48.7 Å². The van der Waals surface area contributed by atoms with Crippen molar-refractivity contribution in [3.8, 4) is 34.0 Å². The van der Waals surface area contributed by atoms with Gasteiger partial charge in [0.05, 0.1) is 48.5 Å². The van der Waals surface area contributed by atoms with E-state index in [0.29, 0.717) is 81.2 Å². The maximum absolute atomic E-state index is 13.6. The molecule has 236 valence electrons. The quantitative estimate of drug-likeness (QED) is 0.140. The SMILES string of the molecule is COc1cc(C(=O)Cc2cccc(-c3cccc(-c4cnc(CCCCO)c(OC)n4)c3Cl)c2Cl)nc2c1CCN(CCO)C2. The molecule has 5 rings (SSSR count). The number of carbonyl (C=O) groups is 1. The van der Waals surface area contributed by atoms with E-state index in [4.69, 9.17) is 42.8 Å². The summed E-state index contributed by atoms with van der Waals surface area (Å²) in [6.45, 7) is 2.07. The zero-order valence-electron chi connectivity index (χ0n) is 25.4. The zero-order valence-corrected chi connectivity index (χ0v) is 26.9. The Bertz CT molecular complexity index is 1680. The molecule has 0 atom stereocenters. The van der Waals surface area contributed by atoms with Gasteiger partial charge in [0.2, 0.25) is 5.88 Å². The van der Waals surface area contributed by atoms with Gasteiger partial charge in [-0.05, 0) is 31.2 Å². The zero-order chi connectivity index (χ0) is 31.9. The lowest BCUT2D eigenvalue weighted by Crippen LogP contribution is -2.34. The fraction of sp³-hybridized carbons (Fsp3) is 0.353. The smallest absolute Gasteiger partial charge is 0.235 e. The first-order valence-electron chi connectivity index (χ1n) is 14.9. The molecule has 9 nitrogen and oxygen atoms in total. The fourth-order valence-electron chi connectivity index (χ4n) is 5.61. The van der Waals surface area contributed by atoms with E-state index in [-0.39, 0.29) is 25.4 Å². The van der Waals surface area contributed by atoms with Crippen LogP contribution in [-0.4, -0.2) is 76.4 Å². The van der Waals surface area contributed by atoms with Gasteiger partial charge in [-0.15, -0.1) is 0 Å². The van der Waals surface area contributed by atoms with Crippen LogP contribution in [-0.2, 0) is 25.8 Å². The lowest BCUT2D eigenvalue weighted by Gasteiger charge is -2.28. The highest BCUT2D eigenvalue weighted by molar-refractivity contribution is 6.38. The number of methoxy groups -OCH3 is 2. The highest BCUT2D eigenvalue weighted by atomic mass is 35.5. The first-order valence-corrected chi connectivity index (χ1v) is 15.6. The number of pyridine rings is 1. The molecule has 3 heterocycles. The fourth-order valence-corrected chi connectivity index (χ4v) is 6.23. The van der Waals surface area contributed by atoms with Gasteiger partial charge < -0.3 is 19.7 Å². The second kappa shape index (κ2) is 15.1. The molecule has 0 amide bonds. The maximum atomic E-state index is 13.6. The summed E-state index contributed by atoms with van der Waals surface area (Å²) < 4.78 is 11.1. The Morgan fingerprint density at radius 1 is 0.956 bits per heavy atom. The minimum absolute atomic E-state index is 0.0414. The van der Waals surface area contributed by atoms with Crippen LogP contribution in [0.1, 0.15) is 45.8 Å².